The van der Waals surface area contributed by atoms with E-state index in [-0.39, 0.29) is 42.7 Å². The monoisotopic (exact) mass is 576 g/mol. The minimum Gasteiger partial charge on any atom is -0.459 e. The van der Waals surface area contributed by atoms with Crippen LogP contribution in [0.4, 0.5) is 0 Å². The lowest BCUT2D eigenvalue weighted by Gasteiger charge is -2.30. The molecule has 1 aliphatic rings. The fourth-order valence-corrected chi connectivity index (χ4v) is 4.93. The Bertz CT molecular complexity index is 1000. The highest BCUT2D eigenvalue weighted by atomic mass is 16.5. The van der Waals surface area contributed by atoms with Crippen LogP contribution < -0.4 is 11.1 Å². The summed E-state index contributed by atoms with van der Waals surface area (Å²) in [5.41, 5.74) is 4.82. The van der Waals surface area contributed by atoms with E-state index in [9.17, 15) is 24.3 Å². The summed E-state index contributed by atoms with van der Waals surface area (Å²) in [4.78, 5) is 54.1. The van der Waals surface area contributed by atoms with E-state index in [2.05, 4.69) is 11.1 Å². The molecule has 0 spiro atoms. The van der Waals surface area contributed by atoms with Gasteiger partial charge >= 0.3 is 11.9 Å². The molecule has 5 N–H and O–H groups in total. The van der Waals surface area contributed by atoms with Crippen molar-refractivity contribution in [2.75, 3.05) is 6.54 Å². The molecule has 1 aromatic carbocycles. The van der Waals surface area contributed by atoms with Gasteiger partial charge in [0.2, 0.25) is 5.91 Å². The topological polar surface area (TPSA) is 150 Å². The van der Waals surface area contributed by atoms with Gasteiger partial charge in [-0.2, -0.15) is 0 Å². The zero-order chi connectivity index (χ0) is 30.7. The van der Waals surface area contributed by atoms with Crippen molar-refractivity contribution in [3.63, 3.8) is 0 Å². The fourth-order valence-electron chi connectivity index (χ4n) is 4.93. The van der Waals surface area contributed by atoms with Crippen molar-refractivity contribution in [3.05, 3.63) is 35.9 Å². The number of amides is 2. The fraction of sp³-hybridized carbons (Fsp3) is 0.677. The SMILES string of the molecule is CC[C@H](C)[C@@H]([NH3+])[C@@H](O)CC(=O)O[C@H](C(=O)N[C@@H](CC(C)C)C(=O)N1CCC[C@H]1C(=O)OCc1ccccc1)C(C)C. The molecule has 1 saturated heterocycles. The molecule has 0 aliphatic carbocycles. The number of likely N-dealkylation sites (tertiary alicyclic amines) is 1. The largest absolute Gasteiger partial charge is 0.459 e. The van der Waals surface area contributed by atoms with E-state index in [0.29, 0.717) is 25.8 Å². The van der Waals surface area contributed by atoms with Gasteiger partial charge in [-0.15, -0.1) is 0 Å². The average molecular weight is 577 g/mol. The number of carbonyl (C=O) groups excluding carboxylic acids is 4. The Labute approximate surface area is 244 Å². The third-order valence-electron chi connectivity index (χ3n) is 7.72. The summed E-state index contributed by atoms with van der Waals surface area (Å²) >= 11 is 0. The van der Waals surface area contributed by atoms with Crippen LogP contribution in [0.15, 0.2) is 30.3 Å². The molecular weight excluding hydrogens is 526 g/mol. The van der Waals surface area contributed by atoms with Gasteiger partial charge in [-0.25, -0.2) is 4.79 Å². The highest BCUT2D eigenvalue weighted by Crippen LogP contribution is 2.22. The summed E-state index contributed by atoms with van der Waals surface area (Å²) in [5, 5.41) is 13.2. The Morgan fingerprint density at radius 2 is 1.76 bits per heavy atom. The minimum absolute atomic E-state index is 0.0695. The van der Waals surface area contributed by atoms with Crippen molar-refractivity contribution >= 4 is 23.8 Å². The lowest BCUT2D eigenvalue weighted by atomic mass is 9.93. The molecule has 0 bridgehead atoms. The van der Waals surface area contributed by atoms with E-state index in [1.54, 1.807) is 13.8 Å². The van der Waals surface area contributed by atoms with Crippen LogP contribution in [0.3, 0.4) is 0 Å². The predicted molar refractivity (Wildman–Crippen MR) is 154 cm³/mol. The molecule has 6 atom stereocenters. The molecule has 0 unspecified atom stereocenters. The van der Waals surface area contributed by atoms with E-state index in [1.807, 2.05) is 58.0 Å². The van der Waals surface area contributed by atoms with Crippen molar-refractivity contribution in [1.82, 2.24) is 10.2 Å². The number of benzene rings is 1. The van der Waals surface area contributed by atoms with Gasteiger partial charge < -0.3 is 30.5 Å². The predicted octanol–water partition coefficient (Wildman–Crippen LogP) is 2.23. The molecule has 2 amide bonds. The summed E-state index contributed by atoms with van der Waals surface area (Å²) in [7, 11) is 0. The smallest absolute Gasteiger partial charge is 0.329 e. The van der Waals surface area contributed by atoms with Crippen molar-refractivity contribution in [2.45, 2.75) is 111 Å². The van der Waals surface area contributed by atoms with Crippen LogP contribution >= 0.6 is 0 Å². The molecule has 1 aliphatic heterocycles. The maximum atomic E-state index is 13.7. The first-order valence-corrected chi connectivity index (χ1v) is 14.9. The summed E-state index contributed by atoms with van der Waals surface area (Å²) in [6.45, 7) is 11.8. The van der Waals surface area contributed by atoms with Crippen molar-refractivity contribution in [2.24, 2.45) is 17.8 Å². The third-order valence-corrected chi connectivity index (χ3v) is 7.72. The molecule has 0 radical (unpaired) electrons. The van der Waals surface area contributed by atoms with Gasteiger partial charge in [0, 0.05) is 12.5 Å². The number of esters is 2. The Balaban J connectivity index is 2.08. The maximum absolute atomic E-state index is 13.7. The number of nitrogens with zero attached hydrogens (tertiary/aromatic N) is 1. The summed E-state index contributed by atoms with van der Waals surface area (Å²) in [6, 6.07) is 7.36. The Kier molecular flexibility index (Phi) is 13.7. The van der Waals surface area contributed by atoms with Crippen LogP contribution in [-0.2, 0) is 35.3 Å². The molecule has 10 heteroatoms. The van der Waals surface area contributed by atoms with Crippen LogP contribution in [0.2, 0.25) is 0 Å². The van der Waals surface area contributed by atoms with E-state index in [0.717, 1.165) is 12.0 Å². The first-order chi connectivity index (χ1) is 19.3. The van der Waals surface area contributed by atoms with E-state index >= 15 is 0 Å². The van der Waals surface area contributed by atoms with E-state index in [4.69, 9.17) is 9.47 Å². The molecule has 1 aromatic rings. The summed E-state index contributed by atoms with van der Waals surface area (Å²) < 4.78 is 11.0. The molecule has 0 aromatic heterocycles. The number of hydrogen-bond acceptors (Lipinski definition) is 7. The molecule has 10 nitrogen and oxygen atoms in total. The van der Waals surface area contributed by atoms with Gasteiger partial charge in [-0.1, -0.05) is 71.9 Å². The quantitative estimate of drug-likeness (QED) is 0.271. The Morgan fingerprint density at radius 3 is 2.34 bits per heavy atom. The Hall–Kier alpha value is -2.98. The van der Waals surface area contributed by atoms with Crippen LogP contribution in [0.25, 0.3) is 0 Å². The third kappa shape index (κ3) is 10.4. The normalized spacial score (nSPS) is 18.9. The number of carbonyl (C=O) groups is 4. The molecular formula is C31H50N3O7+. The average Bonchev–Trinajstić information content (AvgIpc) is 3.43. The van der Waals surface area contributed by atoms with Gasteiger partial charge in [0.05, 0.1) is 6.42 Å². The van der Waals surface area contributed by atoms with Crippen molar-refractivity contribution in [3.8, 4) is 0 Å². The highest BCUT2D eigenvalue weighted by Gasteiger charge is 2.40. The van der Waals surface area contributed by atoms with E-state index in [1.165, 1.54) is 4.90 Å². The lowest BCUT2D eigenvalue weighted by Crippen LogP contribution is -2.69. The first kappa shape index (κ1) is 34.2. The zero-order valence-electron chi connectivity index (χ0n) is 25.5. The first-order valence-electron chi connectivity index (χ1n) is 14.9. The Morgan fingerprint density at radius 1 is 1.10 bits per heavy atom. The molecule has 230 valence electrons. The second-order valence-corrected chi connectivity index (χ2v) is 11.9. The van der Waals surface area contributed by atoms with Crippen molar-refractivity contribution < 1.29 is 39.5 Å². The van der Waals surface area contributed by atoms with Crippen LogP contribution in [0, 0.1) is 17.8 Å². The number of aliphatic hydroxyl groups is 1. The molecule has 1 heterocycles. The number of hydrogen-bond donors (Lipinski definition) is 3. The number of ether oxygens (including phenoxy) is 2. The van der Waals surface area contributed by atoms with Gasteiger partial charge in [0.15, 0.2) is 6.10 Å². The minimum atomic E-state index is -1.14. The second kappa shape index (κ2) is 16.5. The van der Waals surface area contributed by atoms with Gasteiger partial charge in [-0.05, 0) is 43.1 Å². The zero-order valence-corrected chi connectivity index (χ0v) is 25.5. The van der Waals surface area contributed by atoms with Gasteiger partial charge in [0.25, 0.3) is 5.91 Å². The number of rotatable bonds is 15. The standard InChI is InChI=1S/C31H49N3O7/c1-7-21(6)27(32)25(35)17-26(36)41-28(20(4)5)29(37)33-23(16-19(2)3)30(38)34-15-11-14-24(34)31(39)40-18-22-12-9-8-10-13-22/h8-10,12-13,19-21,23-25,27-28,35H,7,11,14-18,32H2,1-6H3,(H,33,37)/p+1/t21-,23-,24-,25-,27+,28-/m0/s1. The number of aliphatic hydroxyl groups excluding tert-OH is 1. The molecule has 41 heavy (non-hydrogen) atoms. The number of quaternary nitrogens is 1. The van der Waals surface area contributed by atoms with Gasteiger partial charge in [0.1, 0.15) is 30.8 Å². The number of nitrogens with one attached hydrogen (secondary N) is 1. The summed E-state index contributed by atoms with van der Waals surface area (Å²) in [6.07, 6.45) is -0.110. The van der Waals surface area contributed by atoms with Crippen LogP contribution in [0.1, 0.15) is 79.2 Å². The maximum Gasteiger partial charge on any atom is 0.329 e. The molecule has 1 fully saturated rings. The summed E-state index contributed by atoms with van der Waals surface area (Å²) in [5.74, 6) is -2.29. The van der Waals surface area contributed by atoms with Crippen molar-refractivity contribution in [1.29, 1.82) is 0 Å². The van der Waals surface area contributed by atoms with Crippen LogP contribution in [0.5, 0.6) is 0 Å². The van der Waals surface area contributed by atoms with E-state index < -0.39 is 42.1 Å². The van der Waals surface area contributed by atoms with Gasteiger partial charge in [-0.3, -0.25) is 14.4 Å². The second-order valence-electron chi connectivity index (χ2n) is 11.9. The molecule has 0 saturated carbocycles. The molecule has 2 rings (SSSR count). The lowest BCUT2D eigenvalue weighted by molar-refractivity contribution is -0.449. The highest BCUT2D eigenvalue weighted by molar-refractivity contribution is 5.93. The van der Waals surface area contributed by atoms with Crippen LogP contribution in [-0.4, -0.2) is 70.6 Å².